The van der Waals surface area contributed by atoms with Gasteiger partial charge in [0.1, 0.15) is 12.2 Å². The van der Waals surface area contributed by atoms with Crippen LogP contribution in [-0.2, 0) is 25.6 Å². The highest BCUT2D eigenvalue weighted by molar-refractivity contribution is 5.13. The average Bonchev–Trinajstić information content (AvgIpc) is 2.58. The molecule has 0 unspecified atom stereocenters. The highest BCUT2D eigenvalue weighted by Gasteiger charge is 2.27. The van der Waals surface area contributed by atoms with Gasteiger partial charge in [0.25, 0.3) is 0 Å². The number of hydrogen-bond acceptors (Lipinski definition) is 5. The van der Waals surface area contributed by atoms with Gasteiger partial charge in [0.2, 0.25) is 0 Å². The third-order valence-corrected chi connectivity index (χ3v) is 3.37. The van der Waals surface area contributed by atoms with Crippen LogP contribution in [0.4, 0.5) is 0 Å². The van der Waals surface area contributed by atoms with Gasteiger partial charge in [-0.3, -0.25) is 0 Å². The van der Waals surface area contributed by atoms with Crippen molar-refractivity contribution in [2.75, 3.05) is 26.9 Å². The number of aliphatic hydroxyl groups is 1. The van der Waals surface area contributed by atoms with Gasteiger partial charge in [-0.2, -0.15) is 0 Å². The molecule has 130 valence electrons. The van der Waals surface area contributed by atoms with Crippen molar-refractivity contribution in [1.29, 1.82) is 0 Å². The second-order valence-electron chi connectivity index (χ2n) is 5.04. The first-order valence-corrected chi connectivity index (χ1v) is 7.88. The van der Waals surface area contributed by atoms with Crippen LogP contribution in [0.25, 0.3) is 0 Å². The van der Waals surface area contributed by atoms with E-state index in [0.29, 0.717) is 25.4 Å². The number of rotatable bonds is 12. The van der Waals surface area contributed by atoms with Crippen LogP contribution in [0.2, 0.25) is 0 Å². The number of methoxy groups -OCH3 is 1. The fourth-order valence-electron chi connectivity index (χ4n) is 2.10. The third-order valence-electron chi connectivity index (χ3n) is 3.37. The van der Waals surface area contributed by atoms with Crippen molar-refractivity contribution in [3.8, 4) is 0 Å². The lowest BCUT2D eigenvalue weighted by Crippen LogP contribution is -2.38. The van der Waals surface area contributed by atoms with Crippen LogP contribution < -0.4 is 0 Å². The minimum absolute atomic E-state index is 0.247. The smallest absolute Gasteiger partial charge is 0.182 e. The molecule has 1 N–H and O–H groups in total. The number of hydrogen-bond donors (Lipinski definition) is 1. The topological polar surface area (TPSA) is 57.2 Å². The predicted molar refractivity (Wildman–Crippen MR) is 89.1 cm³/mol. The average molecular weight is 324 g/mol. The highest BCUT2D eigenvalue weighted by atomic mass is 16.7. The molecule has 0 spiro atoms. The van der Waals surface area contributed by atoms with Crippen LogP contribution in [0.5, 0.6) is 0 Å². The van der Waals surface area contributed by atoms with E-state index in [1.807, 2.05) is 44.2 Å². The zero-order chi connectivity index (χ0) is 17.1. The summed E-state index contributed by atoms with van der Waals surface area (Å²) in [6.45, 7) is 9.27. The summed E-state index contributed by atoms with van der Waals surface area (Å²) in [6, 6.07) is 9.83. The number of aliphatic hydroxyl groups excluding tert-OH is 1. The first kappa shape index (κ1) is 19.8. The van der Waals surface area contributed by atoms with Crippen LogP contribution in [0.15, 0.2) is 42.5 Å². The molecule has 0 heterocycles. The van der Waals surface area contributed by atoms with Crippen LogP contribution in [-0.4, -0.2) is 50.5 Å². The second kappa shape index (κ2) is 11.3. The maximum atomic E-state index is 10.4. The second-order valence-corrected chi connectivity index (χ2v) is 5.04. The Morgan fingerprint density at radius 3 is 2.26 bits per heavy atom. The fourth-order valence-corrected chi connectivity index (χ4v) is 2.10. The summed E-state index contributed by atoms with van der Waals surface area (Å²) in [5.41, 5.74) is 1.50. The molecule has 0 aliphatic heterocycles. The Labute approximate surface area is 138 Å². The largest absolute Gasteiger partial charge is 0.386 e. The third kappa shape index (κ3) is 6.81. The summed E-state index contributed by atoms with van der Waals surface area (Å²) >= 11 is 0. The molecule has 2 atom stereocenters. The summed E-state index contributed by atoms with van der Waals surface area (Å²) in [6.07, 6.45) is -2.11. The van der Waals surface area contributed by atoms with E-state index in [-0.39, 0.29) is 6.61 Å². The molecule has 1 rings (SSSR count). The fraction of sp³-hybridized carbons (Fsp3) is 0.556. The Balaban J connectivity index is 2.52. The zero-order valence-corrected chi connectivity index (χ0v) is 14.2. The molecule has 0 aliphatic rings. The van der Waals surface area contributed by atoms with Crippen LogP contribution in [0.1, 0.15) is 19.4 Å². The van der Waals surface area contributed by atoms with Gasteiger partial charge in [-0.25, -0.2) is 0 Å². The number of benzene rings is 1. The molecular weight excluding hydrogens is 296 g/mol. The van der Waals surface area contributed by atoms with E-state index in [1.54, 1.807) is 0 Å². The molecule has 1 aromatic carbocycles. The standard InChI is InChI=1S/C18H28O5/c1-5-22-18(23-6-2)14(3)17(19)16(20-4)13-21-12-15-10-8-7-9-11-15/h7-11,16-19H,3,5-6,12-13H2,1-2,4H3/t16-,17+/m0/s1. The van der Waals surface area contributed by atoms with Gasteiger partial charge in [-0.1, -0.05) is 36.9 Å². The highest BCUT2D eigenvalue weighted by Crippen LogP contribution is 2.16. The van der Waals surface area contributed by atoms with Crippen molar-refractivity contribution in [3.63, 3.8) is 0 Å². The summed E-state index contributed by atoms with van der Waals surface area (Å²) in [5.74, 6) is 0. The molecule has 0 amide bonds. The normalized spacial score (nSPS) is 14.0. The molecule has 0 radical (unpaired) electrons. The SMILES string of the molecule is C=C(C(OCC)OCC)[C@@H](O)[C@H](COCc1ccccc1)OC. The van der Waals surface area contributed by atoms with Gasteiger partial charge in [-0.05, 0) is 19.4 Å². The maximum Gasteiger partial charge on any atom is 0.182 e. The molecule has 0 saturated carbocycles. The molecule has 0 saturated heterocycles. The van der Waals surface area contributed by atoms with Crippen LogP contribution >= 0.6 is 0 Å². The van der Waals surface area contributed by atoms with Gasteiger partial charge in [0.15, 0.2) is 6.29 Å². The van der Waals surface area contributed by atoms with Crippen molar-refractivity contribution in [1.82, 2.24) is 0 Å². The molecular formula is C18H28O5. The molecule has 5 heteroatoms. The van der Waals surface area contributed by atoms with Crippen molar-refractivity contribution < 1.29 is 24.1 Å². The summed E-state index contributed by atoms with van der Waals surface area (Å²) in [4.78, 5) is 0. The first-order chi connectivity index (χ1) is 11.1. The van der Waals surface area contributed by atoms with Crippen molar-refractivity contribution in [3.05, 3.63) is 48.0 Å². The lowest BCUT2D eigenvalue weighted by atomic mass is 10.1. The van der Waals surface area contributed by atoms with E-state index in [1.165, 1.54) is 7.11 Å². The quantitative estimate of drug-likeness (QED) is 0.473. The minimum atomic E-state index is -0.932. The summed E-state index contributed by atoms with van der Waals surface area (Å²) < 4.78 is 21.9. The number of ether oxygens (including phenoxy) is 4. The van der Waals surface area contributed by atoms with Gasteiger partial charge in [-0.15, -0.1) is 0 Å². The van der Waals surface area contributed by atoms with E-state index in [9.17, 15) is 5.11 Å². The maximum absolute atomic E-state index is 10.4. The Morgan fingerprint density at radius 2 is 1.74 bits per heavy atom. The Kier molecular flexibility index (Phi) is 9.75. The van der Waals surface area contributed by atoms with Crippen molar-refractivity contribution in [2.45, 2.75) is 39.0 Å². The monoisotopic (exact) mass is 324 g/mol. The molecule has 1 aromatic rings. The molecule has 0 aromatic heterocycles. The van der Waals surface area contributed by atoms with E-state index >= 15 is 0 Å². The van der Waals surface area contributed by atoms with Crippen molar-refractivity contribution in [2.24, 2.45) is 0 Å². The molecule has 23 heavy (non-hydrogen) atoms. The minimum Gasteiger partial charge on any atom is -0.386 e. The summed E-state index contributed by atoms with van der Waals surface area (Å²) in [7, 11) is 1.53. The predicted octanol–water partition coefficient (Wildman–Crippen LogP) is 2.53. The van der Waals surface area contributed by atoms with E-state index < -0.39 is 18.5 Å². The lowest BCUT2D eigenvalue weighted by Gasteiger charge is -2.28. The van der Waals surface area contributed by atoms with E-state index in [0.717, 1.165) is 5.56 Å². The van der Waals surface area contributed by atoms with Gasteiger partial charge in [0, 0.05) is 25.9 Å². The molecule has 0 bridgehead atoms. The van der Waals surface area contributed by atoms with Crippen LogP contribution in [0, 0.1) is 0 Å². The van der Waals surface area contributed by atoms with Gasteiger partial charge < -0.3 is 24.1 Å². The van der Waals surface area contributed by atoms with E-state index in [2.05, 4.69) is 6.58 Å². The van der Waals surface area contributed by atoms with Gasteiger partial charge in [0.05, 0.1) is 13.2 Å². The van der Waals surface area contributed by atoms with Gasteiger partial charge >= 0.3 is 0 Å². The summed E-state index contributed by atoms with van der Waals surface area (Å²) in [5, 5.41) is 10.4. The van der Waals surface area contributed by atoms with E-state index in [4.69, 9.17) is 18.9 Å². The molecule has 5 nitrogen and oxygen atoms in total. The first-order valence-electron chi connectivity index (χ1n) is 7.88. The van der Waals surface area contributed by atoms with Crippen LogP contribution in [0.3, 0.4) is 0 Å². The van der Waals surface area contributed by atoms with Crippen molar-refractivity contribution >= 4 is 0 Å². The zero-order valence-electron chi connectivity index (χ0n) is 14.2. The Hall–Kier alpha value is -1.24. The molecule has 0 fully saturated rings. The molecule has 0 aliphatic carbocycles. The Bertz CT molecular complexity index is 428. The Morgan fingerprint density at radius 1 is 1.13 bits per heavy atom. The lowest BCUT2D eigenvalue weighted by molar-refractivity contribution is -0.131.